The highest BCUT2D eigenvalue weighted by Gasteiger charge is 2.25. The van der Waals surface area contributed by atoms with Crippen molar-refractivity contribution in [2.45, 2.75) is 19.3 Å². The second-order valence-corrected chi connectivity index (χ2v) is 7.88. The van der Waals surface area contributed by atoms with E-state index in [9.17, 15) is 13.6 Å². The first kappa shape index (κ1) is 20.2. The Morgan fingerprint density at radius 1 is 1.19 bits per heavy atom. The second-order valence-electron chi connectivity index (χ2n) is 7.88. The fraction of sp³-hybridized carbons (Fsp3) is 0.261. The lowest BCUT2D eigenvalue weighted by atomic mass is 9.93. The molecule has 4 heterocycles. The first-order valence-corrected chi connectivity index (χ1v) is 10.4. The number of halogens is 2. The van der Waals surface area contributed by atoms with Gasteiger partial charge in [0.25, 0.3) is 12.3 Å². The van der Waals surface area contributed by atoms with Crippen LogP contribution in [0.3, 0.4) is 0 Å². The molecule has 4 aromatic rings. The number of carbonyl (C=O) groups is 1. The number of anilines is 2. The van der Waals surface area contributed by atoms with Crippen LogP contribution in [0.1, 0.15) is 34.3 Å². The Morgan fingerprint density at radius 2 is 2.03 bits per heavy atom. The SMILES string of the molecule is CNC(=O)c1cnn2ccc(N3CCCc4cc(-c5cnn(C)c5)c(C(F)F)cc43)cc12. The van der Waals surface area contributed by atoms with E-state index in [2.05, 4.69) is 15.5 Å². The molecule has 0 radical (unpaired) electrons. The monoisotopic (exact) mass is 436 g/mol. The first-order valence-electron chi connectivity index (χ1n) is 10.4. The minimum atomic E-state index is -2.61. The van der Waals surface area contributed by atoms with Crippen LogP contribution in [0.15, 0.2) is 49.1 Å². The molecule has 5 rings (SSSR count). The van der Waals surface area contributed by atoms with E-state index in [1.165, 1.54) is 6.20 Å². The average molecular weight is 436 g/mol. The van der Waals surface area contributed by atoms with E-state index in [-0.39, 0.29) is 11.5 Å². The van der Waals surface area contributed by atoms with Gasteiger partial charge in [-0.3, -0.25) is 9.48 Å². The van der Waals surface area contributed by atoms with Crippen LogP contribution in [0.4, 0.5) is 20.2 Å². The van der Waals surface area contributed by atoms with Crippen molar-refractivity contribution < 1.29 is 13.6 Å². The van der Waals surface area contributed by atoms with Crippen LogP contribution in [0.2, 0.25) is 0 Å². The molecular weight excluding hydrogens is 414 g/mol. The largest absolute Gasteiger partial charge is 0.355 e. The summed E-state index contributed by atoms with van der Waals surface area (Å²) in [7, 11) is 3.34. The molecule has 0 fully saturated rings. The lowest BCUT2D eigenvalue weighted by molar-refractivity contribution is 0.0964. The average Bonchev–Trinajstić information content (AvgIpc) is 3.43. The van der Waals surface area contributed by atoms with Gasteiger partial charge in [0.15, 0.2) is 0 Å². The molecule has 1 amide bonds. The minimum Gasteiger partial charge on any atom is -0.355 e. The Morgan fingerprint density at radius 3 is 2.75 bits per heavy atom. The molecule has 0 saturated heterocycles. The van der Waals surface area contributed by atoms with Crippen molar-refractivity contribution in [1.82, 2.24) is 24.7 Å². The molecule has 0 bridgehead atoms. The van der Waals surface area contributed by atoms with Gasteiger partial charge in [0.2, 0.25) is 0 Å². The van der Waals surface area contributed by atoms with Crippen molar-refractivity contribution in [3.63, 3.8) is 0 Å². The van der Waals surface area contributed by atoms with E-state index in [0.29, 0.717) is 28.8 Å². The third-order valence-corrected chi connectivity index (χ3v) is 5.91. The van der Waals surface area contributed by atoms with E-state index >= 15 is 0 Å². The maximum Gasteiger partial charge on any atom is 0.264 e. The van der Waals surface area contributed by atoms with Gasteiger partial charge in [-0.25, -0.2) is 13.3 Å². The Bertz CT molecular complexity index is 1330. The summed E-state index contributed by atoms with van der Waals surface area (Å²) in [5.41, 5.74) is 4.92. The molecule has 0 aliphatic carbocycles. The number of fused-ring (bicyclic) bond motifs is 2. The molecule has 0 saturated carbocycles. The molecule has 1 aromatic carbocycles. The van der Waals surface area contributed by atoms with Crippen LogP contribution in [0, 0.1) is 0 Å². The first-order chi connectivity index (χ1) is 15.5. The number of hydrogen-bond acceptors (Lipinski definition) is 4. The summed E-state index contributed by atoms with van der Waals surface area (Å²) < 4.78 is 31.4. The highest BCUT2D eigenvalue weighted by Crippen LogP contribution is 2.41. The van der Waals surface area contributed by atoms with E-state index in [1.807, 2.05) is 23.1 Å². The number of carbonyl (C=O) groups excluding carboxylic acids is 1. The van der Waals surface area contributed by atoms with Crippen LogP contribution in [-0.2, 0) is 13.5 Å². The van der Waals surface area contributed by atoms with Crippen molar-refractivity contribution in [1.29, 1.82) is 0 Å². The van der Waals surface area contributed by atoms with Gasteiger partial charge in [0.05, 0.1) is 23.5 Å². The molecule has 0 unspecified atom stereocenters. The Kier molecular flexibility index (Phi) is 4.88. The zero-order chi connectivity index (χ0) is 22.4. The van der Waals surface area contributed by atoms with Gasteiger partial charge in [-0.05, 0) is 48.2 Å². The number of rotatable bonds is 4. The zero-order valence-corrected chi connectivity index (χ0v) is 17.7. The number of hydrogen-bond donors (Lipinski definition) is 1. The van der Waals surface area contributed by atoms with Crippen LogP contribution < -0.4 is 10.2 Å². The van der Waals surface area contributed by atoms with Crippen LogP contribution in [0.5, 0.6) is 0 Å². The van der Waals surface area contributed by atoms with E-state index in [0.717, 1.165) is 29.8 Å². The summed E-state index contributed by atoms with van der Waals surface area (Å²) in [6, 6.07) is 7.23. The summed E-state index contributed by atoms with van der Waals surface area (Å²) in [5, 5.41) is 11.0. The van der Waals surface area contributed by atoms with Gasteiger partial charge >= 0.3 is 0 Å². The number of aromatic nitrogens is 4. The molecule has 0 spiro atoms. The van der Waals surface area contributed by atoms with E-state index in [1.54, 1.807) is 47.9 Å². The van der Waals surface area contributed by atoms with Crippen molar-refractivity contribution in [2.24, 2.45) is 7.05 Å². The van der Waals surface area contributed by atoms with Crippen molar-refractivity contribution >= 4 is 22.8 Å². The van der Waals surface area contributed by atoms with Crippen LogP contribution in [0.25, 0.3) is 16.6 Å². The number of aryl methyl sites for hydroxylation is 2. The van der Waals surface area contributed by atoms with Crippen molar-refractivity contribution in [2.75, 3.05) is 18.5 Å². The molecule has 164 valence electrons. The molecule has 7 nitrogen and oxygen atoms in total. The predicted octanol–water partition coefficient (Wildman–Crippen LogP) is 4.12. The normalized spacial score (nSPS) is 13.6. The van der Waals surface area contributed by atoms with Crippen molar-refractivity contribution in [3.05, 3.63) is 65.7 Å². The molecule has 1 aliphatic rings. The van der Waals surface area contributed by atoms with Crippen molar-refractivity contribution in [3.8, 4) is 11.1 Å². The third kappa shape index (κ3) is 3.30. The lowest BCUT2D eigenvalue weighted by Crippen LogP contribution is -2.25. The van der Waals surface area contributed by atoms with Gasteiger partial charge in [0.1, 0.15) is 0 Å². The van der Waals surface area contributed by atoms with E-state index < -0.39 is 6.43 Å². The number of nitrogens with zero attached hydrogens (tertiary/aromatic N) is 5. The highest BCUT2D eigenvalue weighted by atomic mass is 19.3. The quantitative estimate of drug-likeness (QED) is 0.523. The van der Waals surface area contributed by atoms with Gasteiger partial charge in [-0.1, -0.05) is 0 Å². The number of amides is 1. The molecule has 0 atom stereocenters. The maximum atomic E-state index is 14.1. The predicted molar refractivity (Wildman–Crippen MR) is 118 cm³/mol. The van der Waals surface area contributed by atoms with Gasteiger partial charge in [0, 0.05) is 55.5 Å². The van der Waals surface area contributed by atoms with Crippen LogP contribution in [-0.4, -0.2) is 38.9 Å². The smallest absolute Gasteiger partial charge is 0.264 e. The van der Waals surface area contributed by atoms with E-state index in [4.69, 9.17) is 0 Å². The standard InChI is InChI=1S/C23H22F2N6O/c1-26-23(32)19-12-28-31-7-5-16(9-21(19)31)30-6-3-4-14-8-17(15-11-27-29(2)13-15)18(22(24)25)10-20(14)30/h5,7-13,22H,3-4,6H2,1-2H3,(H,26,32). The number of pyridine rings is 1. The van der Waals surface area contributed by atoms with Gasteiger partial charge < -0.3 is 10.2 Å². The third-order valence-electron chi connectivity index (χ3n) is 5.91. The maximum absolute atomic E-state index is 14.1. The number of benzene rings is 1. The fourth-order valence-corrected chi connectivity index (χ4v) is 4.35. The summed E-state index contributed by atoms with van der Waals surface area (Å²) in [6.07, 6.45) is 5.75. The number of alkyl halides is 2. The second kappa shape index (κ2) is 7.74. The number of nitrogens with one attached hydrogen (secondary N) is 1. The summed E-state index contributed by atoms with van der Waals surface area (Å²) >= 11 is 0. The molecular formula is C23H22F2N6O. The Hall–Kier alpha value is -3.75. The van der Waals surface area contributed by atoms with Gasteiger partial charge in [-0.2, -0.15) is 10.2 Å². The Balaban J connectivity index is 1.63. The summed E-state index contributed by atoms with van der Waals surface area (Å²) in [4.78, 5) is 14.2. The van der Waals surface area contributed by atoms with Crippen LogP contribution >= 0.6 is 0 Å². The highest BCUT2D eigenvalue weighted by molar-refractivity contribution is 6.01. The molecule has 9 heteroatoms. The summed E-state index contributed by atoms with van der Waals surface area (Å²) in [6.45, 7) is 0.696. The minimum absolute atomic E-state index is 0.0138. The molecule has 1 N–H and O–H groups in total. The molecule has 3 aromatic heterocycles. The molecule has 1 aliphatic heterocycles. The zero-order valence-electron chi connectivity index (χ0n) is 17.7. The molecule has 32 heavy (non-hydrogen) atoms. The fourth-order valence-electron chi connectivity index (χ4n) is 4.35. The Labute approximate surface area is 183 Å². The summed E-state index contributed by atoms with van der Waals surface area (Å²) in [5.74, 6) is -0.225. The lowest BCUT2D eigenvalue weighted by Gasteiger charge is -2.32. The topological polar surface area (TPSA) is 67.5 Å². The van der Waals surface area contributed by atoms with Gasteiger partial charge in [-0.15, -0.1) is 0 Å².